The third-order valence-corrected chi connectivity index (χ3v) is 5.60. The highest BCUT2D eigenvalue weighted by molar-refractivity contribution is 5.80. The smallest absolute Gasteiger partial charge is 0.169 e. The Hall–Kier alpha value is -3.05. The molecule has 5 N–H and O–H groups in total. The summed E-state index contributed by atoms with van der Waals surface area (Å²) in [5, 5.41) is 3.36. The van der Waals surface area contributed by atoms with Crippen molar-refractivity contribution in [2.24, 2.45) is 0 Å². The van der Waals surface area contributed by atoms with Crippen LogP contribution in [0.4, 0.5) is 21.5 Å². The second kappa shape index (κ2) is 8.53. The molecule has 0 amide bonds. The molecule has 29 heavy (non-hydrogen) atoms. The fourth-order valence-electron chi connectivity index (χ4n) is 3.92. The van der Waals surface area contributed by atoms with Crippen LogP contribution in [0, 0.1) is 5.82 Å². The lowest BCUT2D eigenvalue weighted by Crippen LogP contribution is -2.38. The third kappa shape index (κ3) is 4.51. The highest BCUT2D eigenvalue weighted by atomic mass is 19.1. The highest BCUT2D eigenvalue weighted by Crippen LogP contribution is 2.33. The van der Waals surface area contributed by atoms with Gasteiger partial charge in [-0.05, 0) is 42.2 Å². The summed E-state index contributed by atoms with van der Waals surface area (Å²) in [5.41, 5.74) is 16.0. The molecule has 0 radical (unpaired) electrons. The minimum Gasteiger partial charge on any atom is -0.399 e. The topological polar surface area (TPSA) is 67.3 Å². The maximum absolute atomic E-state index is 14.9. The Bertz CT molecular complexity index is 949. The van der Waals surface area contributed by atoms with Crippen molar-refractivity contribution in [2.75, 3.05) is 29.9 Å². The van der Waals surface area contributed by atoms with Crippen molar-refractivity contribution in [3.05, 3.63) is 78.1 Å². The fourth-order valence-corrected chi connectivity index (χ4v) is 3.92. The number of nitrogens with zero attached hydrogens (tertiary/aromatic N) is 1. The molecular weight excluding hydrogens is 363 g/mol. The zero-order valence-electron chi connectivity index (χ0n) is 16.4. The van der Waals surface area contributed by atoms with E-state index < -0.39 is 0 Å². The quantitative estimate of drug-likeness (QED) is 0.551. The molecule has 1 saturated heterocycles. The van der Waals surface area contributed by atoms with E-state index in [9.17, 15) is 4.39 Å². The van der Waals surface area contributed by atoms with Crippen molar-refractivity contribution < 1.29 is 4.39 Å². The van der Waals surface area contributed by atoms with Gasteiger partial charge in [0.25, 0.3) is 0 Å². The first-order valence-electron chi connectivity index (χ1n) is 10.1. The maximum atomic E-state index is 14.9. The van der Waals surface area contributed by atoms with Gasteiger partial charge in [-0.25, -0.2) is 4.39 Å². The maximum Gasteiger partial charge on any atom is 0.169 e. The molecule has 0 spiro atoms. The van der Waals surface area contributed by atoms with Crippen LogP contribution in [-0.2, 0) is 6.54 Å². The standard InChI is InChI=1S/C24H27FN4/c25-23-22(11-10-21(24(23)27)18-6-8-19(26)9-7-18)28-20-12-14-29(15-13-20)16-17-4-2-1-3-5-17/h1-11,20,28H,12-16,26-27H2. The summed E-state index contributed by atoms with van der Waals surface area (Å²) < 4.78 is 14.9. The molecule has 0 atom stereocenters. The van der Waals surface area contributed by atoms with E-state index >= 15 is 0 Å². The Labute approximate surface area is 171 Å². The van der Waals surface area contributed by atoms with Crippen molar-refractivity contribution in [1.29, 1.82) is 0 Å². The molecule has 3 aromatic rings. The van der Waals surface area contributed by atoms with Gasteiger partial charge in [0.05, 0.1) is 11.4 Å². The van der Waals surface area contributed by atoms with Crippen LogP contribution in [0.3, 0.4) is 0 Å². The molecule has 1 fully saturated rings. The molecule has 0 saturated carbocycles. The van der Waals surface area contributed by atoms with E-state index in [1.54, 1.807) is 18.2 Å². The minimum absolute atomic E-state index is 0.168. The molecule has 0 aliphatic carbocycles. The summed E-state index contributed by atoms with van der Waals surface area (Å²) in [6, 6.07) is 21.7. The Morgan fingerprint density at radius 2 is 1.59 bits per heavy atom. The van der Waals surface area contributed by atoms with Crippen LogP contribution in [0.2, 0.25) is 0 Å². The molecule has 3 aromatic carbocycles. The first-order valence-corrected chi connectivity index (χ1v) is 10.1. The van der Waals surface area contributed by atoms with E-state index in [2.05, 4.69) is 34.5 Å². The number of halogens is 1. The molecule has 0 bridgehead atoms. The van der Waals surface area contributed by atoms with Crippen LogP contribution in [0.1, 0.15) is 18.4 Å². The number of anilines is 3. The SMILES string of the molecule is Nc1ccc(-c2ccc(NC3CCN(Cc4ccccc4)CC3)c(F)c2N)cc1. The van der Waals surface area contributed by atoms with Gasteiger partial charge in [0.15, 0.2) is 5.82 Å². The lowest BCUT2D eigenvalue weighted by atomic mass is 10.0. The van der Waals surface area contributed by atoms with E-state index in [-0.39, 0.29) is 17.5 Å². The Balaban J connectivity index is 1.39. The van der Waals surface area contributed by atoms with Crippen LogP contribution in [-0.4, -0.2) is 24.0 Å². The van der Waals surface area contributed by atoms with Crippen LogP contribution in [0.25, 0.3) is 11.1 Å². The van der Waals surface area contributed by atoms with Gasteiger partial charge in [0, 0.05) is 36.9 Å². The average Bonchev–Trinajstić information content (AvgIpc) is 2.75. The van der Waals surface area contributed by atoms with Crippen molar-refractivity contribution >= 4 is 17.1 Å². The van der Waals surface area contributed by atoms with Crippen LogP contribution in [0.5, 0.6) is 0 Å². The van der Waals surface area contributed by atoms with Gasteiger partial charge in [-0.2, -0.15) is 0 Å². The van der Waals surface area contributed by atoms with Gasteiger partial charge < -0.3 is 16.8 Å². The molecule has 4 rings (SSSR count). The number of hydrogen-bond donors (Lipinski definition) is 3. The monoisotopic (exact) mass is 390 g/mol. The van der Waals surface area contributed by atoms with Gasteiger partial charge in [-0.15, -0.1) is 0 Å². The van der Waals surface area contributed by atoms with Crippen LogP contribution < -0.4 is 16.8 Å². The average molecular weight is 391 g/mol. The van der Waals surface area contributed by atoms with Gasteiger partial charge in [-0.1, -0.05) is 48.5 Å². The summed E-state index contributed by atoms with van der Waals surface area (Å²) in [6.45, 7) is 2.95. The number of hydrogen-bond acceptors (Lipinski definition) is 4. The predicted molar refractivity (Wildman–Crippen MR) is 119 cm³/mol. The Kier molecular flexibility index (Phi) is 5.67. The van der Waals surface area contributed by atoms with Gasteiger partial charge >= 0.3 is 0 Å². The van der Waals surface area contributed by atoms with E-state index in [1.807, 2.05) is 24.3 Å². The van der Waals surface area contributed by atoms with E-state index in [1.165, 1.54) is 5.56 Å². The van der Waals surface area contributed by atoms with Crippen LogP contribution in [0.15, 0.2) is 66.7 Å². The van der Waals surface area contributed by atoms with E-state index in [0.29, 0.717) is 16.9 Å². The summed E-state index contributed by atoms with van der Waals surface area (Å²) in [7, 11) is 0. The summed E-state index contributed by atoms with van der Waals surface area (Å²) in [5.74, 6) is -0.383. The number of benzene rings is 3. The van der Waals surface area contributed by atoms with Gasteiger partial charge in [-0.3, -0.25) is 4.90 Å². The first kappa shape index (κ1) is 19.3. The third-order valence-electron chi connectivity index (χ3n) is 5.60. The normalized spacial score (nSPS) is 15.3. The molecule has 0 aromatic heterocycles. The molecule has 150 valence electrons. The second-order valence-electron chi connectivity index (χ2n) is 7.69. The predicted octanol–water partition coefficient (Wildman–Crippen LogP) is 4.73. The van der Waals surface area contributed by atoms with Crippen LogP contribution >= 0.6 is 0 Å². The van der Waals surface area contributed by atoms with Crippen molar-refractivity contribution in [1.82, 2.24) is 4.90 Å². The fraction of sp³-hybridized carbons (Fsp3) is 0.250. The van der Waals surface area contributed by atoms with E-state index in [4.69, 9.17) is 11.5 Å². The molecule has 1 aliphatic heterocycles. The zero-order valence-corrected chi connectivity index (χ0v) is 16.4. The van der Waals surface area contributed by atoms with Gasteiger partial charge in [0.1, 0.15) is 0 Å². The van der Waals surface area contributed by atoms with Crippen molar-refractivity contribution in [3.63, 3.8) is 0 Å². The molecule has 5 heteroatoms. The number of nitrogens with two attached hydrogens (primary N) is 2. The summed E-state index contributed by atoms with van der Waals surface area (Å²) in [4.78, 5) is 2.45. The summed E-state index contributed by atoms with van der Waals surface area (Å²) in [6.07, 6.45) is 1.96. The zero-order chi connectivity index (χ0) is 20.2. The number of piperidine rings is 1. The van der Waals surface area contributed by atoms with Gasteiger partial charge in [0.2, 0.25) is 0 Å². The highest BCUT2D eigenvalue weighted by Gasteiger charge is 2.21. The van der Waals surface area contributed by atoms with E-state index in [0.717, 1.165) is 38.0 Å². The number of rotatable bonds is 5. The number of likely N-dealkylation sites (tertiary alicyclic amines) is 1. The second-order valence-corrected chi connectivity index (χ2v) is 7.69. The van der Waals surface area contributed by atoms with Crippen molar-refractivity contribution in [3.8, 4) is 11.1 Å². The first-order chi connectivity index (χ1) is 14.1. The van der Waals surface area contributed by atoms with Crippen molar-refractivity contribution in [2.45, 2.75) is 25.4 Å². The molecule has 4 nitrogen and oxygen atoms in total. The molecule has 0 unspecified atom stereocenters. The summed E-state index contributed by atoms with van der Waals surface area (Å²) >= 11 is 0. The molecular formula is C24H27FN4. The number of nitrogen functional groups attached to an aromatic ring is 2. The lowest BCUT2D eigenvalue weighted by Gasteiger charge is -2.33. The molecule has 1 aliphatic rings. The Morgan fingerprint density at radius 1 is 0.897 bits per heavy atom. The lowest BCUT2D eigenvalue weighted by molar-refractivity contribution is 0.211. The Morgan fingerprint density at radius 3 is 2.28 bits per heavy atom. The largest absolute Gasteiger partial charge is 0.399 e. The minimum atomic E-state index is -0.383. The number of nitrogens with one attached hydrogen (secondary N) is 1. The molecule has 1 heterocycles.